The van der Waals surface area contributed by atoms with Crippen LogP contribution in [0.1, 0.15) is 39.5 Å². The summed E-state index contributed by atoms with van der Waals surface area (Å²) in [6.07, 6.45) is 3.89. The summed E-state index contributed by atoms with van der Waals surface area (Å²) in [6, 6.07) is 0. The van der Waals surface area contributed by atoms with Gasteiger partial charge in [-0.15, -0.1) is 0 Å². The highest BCUT2D eigenvalue weighted by Crippen LogP contribution is 2.38. The van der Waals surface area contributed by atoms with Crippen molar-refractivity contribution < 1.29 is 4.79 Å². The zero-order valence-corrected chi connectivity index (χ0v) is 8.44. The zero-order chi connectivity index (χ0) is 9.47. The number of hydrogen-bond donors (Lipinski definition) is 1. The first-order chi connectivity index (χ1) is 6.08. The van der Waals surface area contributed by atoms with Gasteiger partial charge in [0.05, 0.1) is 0 Å². The molecule has 2 heteroatoms. The Bertz CT molecular complexity index is 276. The second-order valence-electron chi connectivity index (χ2n) is 4.93. The monoisotopic (exact) mass is 179 g/mol. The van der Waals surface area contributed by atoms with Crippen LogP contribution < -0.4 is 5.32 Å². The third-order valence-corrected chi connectivity index (χ3v) is 2.94. The number of hydrogen-bond acceptors (Lipinski definition) is 2. The first kappa shape index (κ1) is 8.79. The summed E-state index contributed by atoms with van der Waals surface area (Å²) < 4.78 is 0. The van der Waals surface area contributed by atoms with Crippen molar-refractivity contribution in [1.29, 1.82) is 0 Å². The molecule has 0 saturated heterocycles. The molecule has 1 aliphatic heterocycles. The van der Waals surface area contributed by atoms with Crippen molar-refractivity contribution >= 4 is 5.78 Å². The van der Waals surface area contributed by atoms with E-state index in [2.05, 4.69) is 19.2 Å². The number of carbonyl (C=O) groups excluding carboxylic acids is 1. The van der Waals surface area contributed by atoms with Crippen molar-refractivity contribution in [3.05, 3.63) is 11.3 Å². The lowest BCUT2D eigenvalue weighted by molar-refractivity contribution is -0.118. The van der Waals surface area contributed by atoms with Crippen molar-refractivity contribution in [3.8, 4) is 0 Å². The Morgan fingerprint density at radius 1 is 1.31 bits per heavy atom. The largest absolute Gasteiger partial charge is 0.388 e. The third kappa shape index (κ3) is 1.62. The normalized spacial score (nSPS) is 26.8. The molecule has 0 fully saturated rings. The average Bonchev–Trinajstić information content (AvgIpc) is 2.02. The smallest absolute Gasteiger partial charge is 0.161 e. The van der Waals surface area contributed by atoms with Crippen molar-refractivity contribution in [1.82, 2.24) is 5.32 Å². The lowest BCUT2D eigenvalue weighted by atomic mass is 9.74. The molecule has 13 heavy (non-hydrogen) atoms. The summed E-state index contributed by atoms with van der Waals surface area (Å²) in [5.74, 6) is 0.374. The molecule has 0 radical (unpaired) electrons. The summed E-state index contributed by atoms with van der Waals surface area (Å²) in [4.78, 5) is 11.7. The highest BCUT2D eigenvalue weighted by molar-refractivity contribution is 5.97. The minimum absolute atomic E-state index is 0.167. The number of Topliss-reactive ketones (excluding diaryl/α,β-unsaturated/α-hetero) is 1. The van der Waals surface area contributed by atoms with Crippen LogP contribution in [0.25, 0.3) is 0 Å². The molecule has 1 aliphatic carbocycles. The second-order valence-corrected chi connectivity index (χ2v) is 4.93. The molecule has 0 unspecified atom stereocenters. The second kappa shape index (κ2) is 2.86. The SMILES string of the molecule is CC1(C)CC(=O)C2=C(C1)NCCC2. The Hall–Kier alpha value is -0.790. The van der Waals surface area contributed by atoms with Crippen molar-refractivity contribution in [2.45, 2.75) is 39.5 Å². The molecule has 0 saturated carbocycles. The Balaban J connectivity index is 2.30. The van der Waals surface area contributed by atoms with Crippen molar-refractivity contribution in [2.75, 3.05) is 6.54 Å². The summed E-state index contributed by atoms with van der Waals surface area (Å²) >= 11 is 0. The fourth-order valence-corrected chi connectivity index (χ4v) is 2.32. The van der Waals surface area contributed by atoms with Gasteiger partial charge < -0.3 is 5.32 Å². The molecule has 0 aromatic heterocycles. The quantitative estimate of drug-likeness (QED) is 0.616. The summed E-state index contributed by atoms with van der Waals surface area (Å²) in [6.45, 7) is 5.39. The van der Waals surface area contributed by atoms with E-state index in [1.165, 1.54) is 5.70 Å². The minimum Gasteiger partial charge on any atom is -0.388 e. The number of rotatable bonds is 0. The molecular weight excluding hydrogens is 162 g/mol. The summed E-state index contributed by atoms with van der Waals surface area (Å²) in [5, 5.41) is 3.37. The average molecular weight is 179 g/mol. The van der Waals surface area contributed by atoms with E-state index in [4.69, 9.17) is 0 Å². The topological polar surface area (TPSA) is 29.1 Å². The van der Waals surface area contributed by atoms with Gasteiger partial charge in [-0.05, 0) is 24.7 Å². The first-order valence-electron chi connectivity index (χ1n) is 5.08. The van der Waals surface area contributed by atoms with E-state index < -0.39 is 0 Å². The molecule has 2 nitrogen and oxygen atoms in total. The molecule has 0 atom stereocenters. The van der Waals surface area contributed by atoms with Crippen LogP contribution >= 0.6 is 0 Å². The van der Waals surface area contributed by atoms with E-state index in [-0.39, 0.29) is 5.41 Å². The van der Waals surface area contributed by atoms with Gasteiger partial charge >= 0.3 is 0 Å². The van der Waals surface area contributed by atoms with Crippen LogP contribution in [0.3, 0.4) is 0 Å². The number of nitrogens with one attached hydrogen (secondary N) is 1. The molecule has 1 heterocycles. The Kier molecular flexibility index (Phi) is 1.94. The lowest BCUT2D eigenvalue weighted by Crippen LogP contribution is -2.34. The van der Waals surface area contributed by atoms with Crippen LogP contribution in [-0.4, -0.2) is 12.3 Å². The fraction of sp³-hybridized carbons (Fsp3) is 0.727. The van der Waals surface area contributed by atoms with E-state index in [9.17, 15) is 4.79 Å². The lowest BCUT2D eigenvalue weighted by Gasteiger charge is -2.34. The molecular formula is C11H17NO. The van der Waals surface area contributed by atoms with Crippen LogP contribution in [0.15, 0.2) is 11.3 Å². The molecule has 0 amide bonds. The van der Waals surface area contributed by atoms with Gasteiger partial charge in [0, 0.05) is 24.2 Å². The van der Waals surface area contributed by atoms with Gasteiger partial charge in [-0.3, -0.25) is 4.79 Å². The predicted octanol–water partition coefficient (Wildman–Crippen LogP) is 2.01. The van der Waals surface area contributed by atoms with E-state index in [1.54, 1.807) is 0 Å². The van der Waals surface area contributed by atoms with Gasteiger partial charge in [0.2, 0.25) is 0 Å². The number of carbonyl (C=O) groups is 1. The van der Waals surface area contributed by atoms with Crippen LogP contribution in [0.2, 0.25) is 0 Å². The maximum Gasteiger partial charge on any atom is 0.161 e. The van der Waals surface area contributed by atoms with E-state index in [0.717, 1.165) is 37.8 Å². The Labute approximate surface area is 79.4 Å². The van der Waals surface area contributed by atoms with Gasteiger partial charge in [-0.1, -0.05) is 13.8 Å². The molecule has 2 rings (SSSR count). The molecule has 1 N–H and O–H groups in total. The fourth-order valence-electron chi connectivity index (χ4n) is 2.32. The summed E-state index contributed by atoms with van der Waals surface area (Å²) in [7, 11) is 0. The summed E-state index contributed by atoms with van der Waals surface area (Å²) in [5.41, 5.74) is 2.48. The van der Waals surface area contributed by atoms with Gasteiger partial charge in [0.25, 0.3) is 0 Å². The molecule has 0 bridgehead atoms. The Morgan fingerprint density at radius 2 is 2.08 bits per heavy atom. The molecule has 0 aromatic rings. The number of ketones is 1. The highest BCUT2D eigenvalue weighted by atomic mass is 16.1. The van der Waals surface area contributed by atoms with Gasteiger partial charge in [-0.25, -0.2) is 0 Å². The predicted molar refractivity (Wildman–Crippen MR) is 52.3 cm³/mol. The minimum atomic E-state index is 0.167. The standard InChI is InChI=1S/C11H17NO/c1-11(2)6-9-8(10(13)7-11)4-3-5-12-9/h12H,3-7H2,1-2H3. The Morgan fingerprint density at radius 3 is 2.85 bits per heavy atom. The van der Waals surface area contributed by atoms with E-state index in [1.807, 2.05) is 0 Å². The molecule has 0 spiro atoms. The van der Waals surface area contributed by atoms with Crippen LogP contribution in [-0.2, 0) is 4.79 Å². The van der Waals surface area contributed by atoms with E-state index in [0.29, 0.717) is 5.78 Å². The molecule has 2 aliphatic rings. The number of allylic oxidation sites excluding steroid dienone is 2. The van der Waals surface area contributed by atoms with Crippen molar-refractivity contribution in [2.24, 2.45) is 5.41 Å². The van der Waals surface area contributed by atoms with Gasteiger partial charge in [-0.2, -0.15) is 0 Å². The van der Waals surface area contributed by atoms with Crippen LogP contribution in [0.4, 0.5) is 0 Å². The van der Waals surface area contributed by atoms with Gasteiger partial charge in [0.1, 0.15) is 0 Å². The zero-order valence-electron chi connectivity index (χ0n) is 8.44. The maximum absolute atomic E-state index is 11.7. The van der Waals surface area contributed by atoms with Crippen LogP contribution in [0.5, 0.6) is 0 Å². The maximum atomic E-state index is 11.7. The van der Waals surface area contributed by atoms with Gasteiger partial charge in [0.15, 0.2) is 5.78 Å². The van der Waals surface area contributed by atoms with Crippen LogP contribution in [0, 0.1) is 5.41 Å². The van der Waals surface area contributed by atoms with E-state index >= 15 is 0 Å². The first-order valence-corrected chi connectivity index (χ1v) is 5.08. The van der Waals surface area contributed by atoms with Crippen molar-refractivity contribution in [3.63, 3.8) is 0 Å². The third-order valence-electron chi connectivity index (χ3n) is 2.94. The molecule has 72 valence electrons. The highest BCUT2D eigenvalue weighted by Gasteiger charge is 2.33. The molecule has 0 aromatic carbocycles.